The molecular weight excluding hydrogens is 316 g/mol. The van der Waals surface area contributed by atoms with Gasteiger partial charge in [0.15, 0.2) is 5.11 Å². The molecule has 6 heteroatoms. The fourth-order valence-electron chi connectivity index (χ4n) is 2.92. The lowest BCUT2D eigenvalue weighted by Crippen LogP contribution is -2.45. The number of carbonyl (C=O) groups is 1. The Morgan fingerprint density at radius 1 is 1.45 bits per heavy atom. The monoisotopic (exact) mass is 340 g/mol. The molecule has 0 amide bonds. The first-order valence-electron chi connectivity index (χ1n) is 7.75. The van der Waals surface area contributed by atoms with E-state index in [1.807, 2.05) is 13.8 Å². The maximum Gasteiger partial charge on any atom is 0.341 e. The van der Waals surface area contributed by atoms with Crippen molar-refractivity contribution in [3.05, 3.63) is 16.0 Å². The molecule has 1 aromatic heterocycles. The summed E-state index contributed by atoms with van der Waals surface area (Å²) in [6, 6.07) is 0.498. The largest absolute Gasteiger partial charge is 0.465 e. The van der Waals surface area contributed by atoms with E-state index in [4.69, 9.17) is 17.0 Å². The molecule has 1 atom stereocenters. The quantitative estimate of drug-likeness (QED) is 0.662. The number of aryl methyl sites for hydroxylation is 1. The van der Waals surface area contributed by atoms with Crippen LogP contribution in [0.2, 0.25) is 0 Å². The Morgan fingerprint density at radius 2 is 2.18 bits per heavy atom. The second-order valence-corrected chi connectivity index (χ2v) is 7.27. The van der Waals surface area contributed by atoms with Crippen molar-refractivity contribution in [2.24, 2.45) is 0 Å². The standard InChI is InChI=1S/C16H24N2O2S2/c1-5-12-8-6-7-9-18(12)16(21)17-14-13(15(19)20-4)10(2)11(3)22-14/h12H,5-9H2,1-4H3,(H,17,21). The highest BCUT2D eigenvalue weighted by molar-refractivity contribution is 7.80. The fourth-order valence-corrected chi connectivity index (χ4v) is 4.38. The minimum Gasteiger partial charge on any atom is -0.465 e. The molecule has 22 heavy (non-hydrogen) atoms. The summed E-state index contributed by atoms with van der Waals surface area (Å²) in [6.45, 7) is 7.14. The van der Waals surface area contributed by atoms with Crippen LogP contribution in [-0.4, -0.2) is 35.7 Å². The number of methoxy groups -OCH3 is 1. The maximum absolute atomic E-state index is 12.0. The molecule has 1 aliphatic heterocycles. The first kappa shape index (κ1) is 17.2. The second-order valence-electron chi connectivity index (χ2n) is 5.66. The molecule has 1 N–H and O–H groups in total. The van der Waals surface area contributed by atoms with Gasteiger partial charge in [-0.15, -0.1) is 11.3 Å². The summed E-state index contributed by atoms with van der Waals surface area (Å²) < 4.78 is 4.91. The minimum atomic E-state index is -0.308. The number of thiophene rings is 1. The van der Waals surface area contributed by atoms with Crippen LogP contribution in [0.15, 0.2) is 0 Å². The van der Waals surface area contributed by atoms with Gasteiger partial charge in [0.1, 0.15) is 5.00 Å². The molecule has 1 aromatic rings. The predicted molar refractivity (Wildman–Crippen MR) is 96.0 cm³/mol. The van der Waals surface area contributed by atoms with Gasteiger partial charge < -0.3 is 15.0 Å². The molecule has 0 radical (unpaired) electrons. The van der Waals surface area contributed by atoms with Gasteiger partial charge in [-0.05, 0) is 57.3 Å². The Kier molecular flexibility index (Phi) is 5.81. The van der Waals surface area contributed by atoms with E-state index >= 15 is 0 Å². The third-order valence-electron chi connectivity index (χ3n) is 4.35. The molecule has 4 nitrogen and oxygen atoms in total. The Morgan fingerprint density at radius 3 is 2.82 bits per heavy atom. The van der Waals surface area contributed by atoms with Crippen molar-refractivity contribution in [2.75, 3.05) is 19.0 Å². The number of thiocarbonyl (C=S) groups is 1. The molecule has 1 aliphatic rings. The number of hydrogen-bond acceptors (Lipinski definition) is 4. The van der Waals surface area contributed by atoms with E-state index in [2.05, 4.69) is 17.1 Å². The number of rotatable bonds is 3. The van der Waals surface area contributed by atoms with Gasteiger partial charge in [-0.1, -0.05) is 6.92 Å². The average Bonchev–Trinajstić information content (AvgIpc) is 2.80. The van der Waals surface area contributed by atoms with Gasteiger partial charge in [-0.2, -0.15) is 0 Å². The van der Waals surface area contributed by atoms with Gasteiger partial charge in [0.2, 0.25) is 0 Å². The zero-order valence-corrected chi connectivity index (χ0v) is 15.3. The maximum atomic E-state index is 12.0. The van der Waals surface area contributed by atoms with Crippen LogP contribution in [0.25, 0.3) is 0 Å². The number of anilines is 1. The van der Waals surface area contributed by atoms with E-state index in [9.17, 15) is 4.79 Å². The summed E-state index contributed by atoms with van der Waals surface area (Å²) in [5.41, 5.74) is 1.57. The van der Waals surface area contributed by atoms with Crippen LogP contribution >= 0.6 is 23.6 Å². The van der Waals surface area contributed by atoms with Crippen molar-refractivity contribution in [1.82, 2.24) is 4.90 Å². The highest BCUT2D eigenvalue weighted by atomic mass is 32.1. The zero-order chi connectivity index (χ0) is 16.3. The van der Waals surface area contributed by atoms with Crippen molar-refractivity contribution in [3.63, 3.8) is 0 Å². The van der Waals surface area contributed by atoms with Crippen LogP contribution in [0, 0.1) is 13.8 Å². The fraction of sp³-hybridized carbons (Fsp3) is 0.625. The SMILES string of the molecule is CCC1CCCCN1C(=S)Nc1sc(C)c(C)c1C(=O)OC. The minimum absolute atomic E-state index is 0.308. The van der Waals surface area contributed by atoms with Gasteiger partial charge in [-0.3, -0.25) is 0 Å². The van der Waals surface area contributed by atoms with Crippen molar-refractivity contribution >= 4 is 39.6 Å². The summed E-state index contributed by atoms with van der Waals surface area (Å²) in [4.78, 5) is 15.4. The predicted octanol–water partition coefficient (Wildman–Crippen LogP) is 4.11. The molecule has 0 bridgehead atoms. The molecule has 0 aliphatic carbocycles. The first-order valence-corrected chi connectivity index (χ1v) is 8.98. The Bertz CT molecular complexity index is 569. The molecule has 0 saturated carbocycles. The van der Waals surface area contributed by atoms with E-state index in [1.54, 1.807) is 11.3 Å². The third-order valence-corrected chi connectivity index (χ3v) is 5.81. The summed E-state index contributed by atoms with van der Waals surface area (Å²) in [5.74, 6) is -0.308. The topological polar surface area (TPSA) is 41.6 Å². The second kappa shape index (κ2) is 7.42. The van der Waals surface area contributed by atoms with Crippen LogP contribution in [0.1, 0.15) is 53.4 Å². The number of piperidine rings is 1. The summed E-state index contributed by atoms with van der Waals surface area (Å²) in [6.07, 6.45) is 4.71. The van der Waals surface area contributed by atoms with Crippen LogP contribution in [0.5, 0.6) is 0 Å². The number of carbonyl (C=O) groups excluding carboxylic acids is 1. The molecule has 1 fully saturated rings. The van der Waals surface area contributed by atoms with Crippen LogP contribution in [0.3, 0.4) is 0 Å². The van der Waals surface area contributed by atoms with Gasteiger partial charge in [0, 0.05) is 17.5 Å². The lowest BCUT2D eigenvalue weighted by Gasteiger charge is -2.37. The van der Waals surface area contributed by atoms with E-state index in [-0.39, 0.29) is 5.97 Å². The number of ether oxygens (including phenoxy) is 1. The summed E-state index contributed by atoms with van der Waals surface area (Å²) in [5, 5.41) is 4.82. The zero-order valence-electron chi connectivity index (χ0n) is 13.7. The number of nitrogens with zero attached hydrogens (tertiary/aromatic N) is 1. The summed E-state index contributed by atoms with van der Waals surface area (Å²) >= 11 is 7.16. The molecule has 2 heterocycles. The molecule has 0 aromatic carbocycles. The number of nitrogens with one attached hydrogen (secondary N) is 1. The molecule has 1 unspecified atom stereocenters. The normalized spacial score (nSPS) is 18.2. The van der Waals surface area contributed by atoms with Crippen LogP contribution in [-0.2, 0) is 4.74 Å². The van der Waals surface area contributed by atoms with E-state index < -0.39 is 0 Å². The Labute approximate surface area is 141 Å². The van der Waals surface area contributed by atoms with Gasteiger partial charge in [0.25, 0.3) is 0 Å². The van der Waals surface area contributed by atoms with E-state index in [1.165, 1.54) is 26.4 Å². The lowest BCUT2D eigenvalue weighted by molar-refractivity contribution is 0.0601. The number of esters is 1. The van der Waals surface area contributed by atoms with E-state index in [0.717, 1.165) is 33.5 Å². The number of hydrogen-bond donors (Lipinski definition) is 1. The van der Waals surface area contributed by atoms with Gasteiger partial charge in [0.05, 0.1) is 12.7 Å². The third kappa shape index (κ3) is 3.43. The van der Waals surface area contributed by atoms with Gasteiger partial charge in [-0.25, -0.2) is 4.79 Å². The molecule has 0 spiro atoms. The number of likely N-dealkylation sites (tertiary alicyclic amines) is 1. The first-order chi connectivity index (χ1) is 10.5. The highest BCUT2D eigenvalue weighted by Crippen LogP contribution is 2.33. The van der Waals surface area contributed by atoms with Crippen molar-refractivity contribution in [2.45, 2.75) is 52.5 Å². The molecule has 1 saturated heterocycles. The van der Waals surface area contributed by atoms with Crippen LogP contribution < -0.4 is 5.32 Å². The smallest absolute Gasteiger partial charge is 0.341 e. The van der Waals surface area contributed by atoms with Crippen molar-refractivity contribution in [1.29, 1.82) is 0 Å². The lowest BCUT2D eigenvalue weighted by atomic mass is 10.0. The molecule has 2 rings (SSSR count). The van der Waals surface area contributed by atoms with Crippen molar-refractivity contribution < 1.29 is 9.53 Å². The van der Waals surface area contributed by atoms with Crippen LogP contribution in [0.4, 0.5) is 5.00 Å². The average molecular weight is 341 g/mol. The molecular formula is C16H24N2O2S2. The highest BCUT2D eigenvalue weighted by Gasteiger charge is 2.26. The van der Waals surface area contributed by atoms with E-state index in [0.29, 0.717) is 11.6 Å². The molecule has 122 valence electrons. The Hall–Kier alpha value is -1.14. The summed E-state index contributed by atoms with van der Waals surface area (Å²) in [7, 11) is 1.41. The van der Waals surface area contributed by atoms with Crippen molar-refractivity contribution in [3.8, 4) is 0 Å². The van der Waals surface area contributed by atoms with Gasteiger partial charge >= 0.3 is 5.97 Å². The Balaban J connectivity index is 2.21.